The first-order valence-electron chi connectivity index (χ1n) is 10.2. The minimum absolute atomic E-state index is 0.136. The molecule has 2 heterocycles. The SMILES string of the molecule is CC(=O)c1nn(Cc2ccc(C)nc2)c2ccccc2/c1=N/Nc1cccc(C)c1C. The lowest BCUT2D eigenvalue weighted by molar-refractivity contribution is 0.101. The number of para-hydroxylation sites is 1. The summed E-state index contributed by atoms with van der Waals surface area (Å²) in [7, 11) is 0. The van der Waals surface area contributed by atoms with Crippen LogP contribution in [-0.2, 0) is 6.54 Å². The van der Waals surface area contributed by atoms with E-state index in [2.05, 4.69) is 33.6 Å². The number of hydrogen-bond donors (Lipinski definition) is 1. The standard InChI is InChI=1S/C25H25N5O/c1-16-8-7-10-22(18(16)3)27-28-25-21-9-5-6-11-23(21)30(29-24(25)19(4)31)15-20-13-12-17(2)26-14-20/h5-14,27H,15H2,1-4H3/b28-25-. The first-order valence-corrected chi connectivity index (χ1v) is 10.2. The number of hydrogen-bond acceptors (Lipinski definition) is 5. The summed E-state index contributed by atoms with van der Waals surface area (Å²) in [6.45, 7) is 8.09. The van der Waals surface area contributed by atoms with Crippen LogP contribution >= 0.6 is 0 Å². The molecule has 156 valence electrons. The second-order valence-electron chi connectivity index (χ2n) is 7.71. The number of Topliss-reactive ketones (excluding diaryl/α,β-unsaturated/α-hetero) is 1. The smallest absolute Gasteiger partial charge is 0.182 e. The van der Waals surface area contributed by atoms with Crippen molar-refractivity contribution in [2.45, 2.75) is 34.2 Å². The average Bonchev–Trinajstić information content (AvgIpc) is 2.77. The largest absolute Gasteiger partial charge is 0.293 e. The van der Waals surface area contributed by atoms with Crippen molar-refractivity contribution in [3.63, 3.8) is 0 Å². The zero-order valence-corrected chi connectivity index (χ0v) is 18.2. The van der Waals surface area contributed by atoms with Crippen LogP contribution in [-0.4, -0.2) is 20.5 Å². The Balaban J connectivity index is 1.87. The lowest BCUT2D eigenvalue weighted by atomic mass is 10.1. The fourth-order valence-corrected chi connectivity index (χ4v) is 3.47. The number of rotatable bonds is 5. The number of nitrogens with one attached hydrogen (secondary N) is 1. The molecule has 0 spiro atoms. The van der Waals surface area contributed by atoms with Crippen molar-refractivity contribution in [2.75, 3.05) is 5.43 Å². The highest BCUT2D eigenvalue weighted by Gasteiger charge is 2.13. The molecule has 2 aromatic heterocycles. The van der Waals surface area contributed by atoms with Crippen molar-refractivity contribution in [1.82, 2.24) is 14.8 Å². The summed E-state index contributed by atoms with van der Waals surface area (Å²) >= 11 is 0. The van der Waals surface area contributed by atoms with Gasteiger partial charge in [0.05, 0.1) is 17.7 Å². The predicted octanol–water partition coefficient (Wildman–Crippen LogP) is 4.54. The monoisotopic (exact) mass is 411 g/mol. The molecule has 31 heavy (non-hydrogen) atoms. The van der Waals surface area contributed by atoms with Gasteiger partial charge in [0.2, 0.25) is 0 Å². The minimum Gasteiger partial charge on any atom is -0.293 e. The molecule has 0 saturated carbocycles. The molecule has 6 nitrogen and oxygen atoms in total. The highest BCUT2D eigenvalue weighted by Crippen LogP contribution is 2.18. The summed E-state index contributed by atoms with van der Waals surface area (Å²) in [6, 6.07) is 17.9. The van der Waals surface area contributed by atoms with Crippen LogP contribution < -0.4 is 10.8 Å². The first-order chi connectivity index (χ1) is 14.9. The molecule has 0 fully saturated rings. The summed E-state index contributed by atoms with van der Waals surface area (Å²) in [6.07, 6.45) is 1.84. The van der Waals surface area contributed by atoms with Crippen LogP contribution in [0, 0.1) is 20.8 Å². The Hall–Kier alpha value is -3.80. The van der Waals surface area contributed by atoms with Gasteiger partial charge in [-0.15, -0.1) is 0 Å². The first kappa shape index (κ1) is 20.5. The molecule has 6 heteroatoms. The van der Waals surface area contributed by atoms with Gasteiger partial charge in [-0.05, 0) is 55.7 Å². The highest BCUT2D eigenvalue weighted by molar-refractivity contribution is 5.95. The van der Waals surface area contributed by atoms with Crippen LogP contribution in [0.2, 0.25) is 0 Å². The van der Waals surface area contributed by atoms with Crippen LogP contribution in [0.1, 0.15) is 39.8 Å². The van der Waals surface area contributed by atoms with E-state index in [4.69, 9.17) is 0 Å². The van der Waals surface area contributed by atoms with Gasteiger partial charge in [0.25, 0.3) is 0 Å². The Morgan fingerprint density at radius 1 is 1.03 bits per heavy atom. The van der Waals surface area contributed by atoms with E-state index in [1.807, 2.05) is 73.3 Å². The molecule has 0 aliphatic rings. The normalized spacial score (nSPS) is 11.7. The Kier molecular flexibility index (Phi) is 5.62. The number of anilines is 1. The number of aryl methyl sites for hydroxylation is 2. The van der Waals surface area contributed by atoms with Gasteiger partial charge in [-0.2, -0.15) is 10.2 Å². The number of fused-ring (bicyclic) bond motifs is 1. The van der Waals surface area contributed by atoms with Crippen LogP contribution in [0.5, 0.6) is 0 Å². The van der Waals surface area contributed by atoms with E-state index in [1.54, 1.807) is 0 Å². The lowest BCUT2D eigenvalue weighted by Crippen LogP contribution is -2.24. The number of carbonyl (C=O) groups is 1. The van der Waals surface area contributed by atoms with E-state index in [0.29, 0.717) is 17.6 Å². The van der Waals surface area contributed by atoms with Crippen LogP contribution in [0.4, 0.5) is 5.69 Å². The zero-order valence-electron chi connectivity index (χ0n) is 18.2. The van der Waals surface area contributed by atoms with Gasteiger partial charge in [0, 0.05) is 24.2 Å². The average molecular weight is 412 g/mol. The summed E-state index contributed by atoms with van der Waals surface area (Å²) in [4.78, 5) is 16.9. The Morgan fingerprint density at radius 3 is 2.58 bits per heavy atom. The number of carbonyl (C=O) groups excluding carboxylic acids is 1. The summed E-state index contributed by atoms with van der Waals surface area (Å²) in [5, 5.41) is 10.7. The quantitative estimate of drug-likeness (QED) is 0.387. The maximum absolute atomic E-state index is 12.5. The van der Waals surface area contributed by atoms with E-state index in [1.165, 1.54) is 12.5 Å². The van der Waals surface area contributed by atoms with Crippen molar-refractivity contribution in [2.24, 2.45) is 5.10 Å². The van der Waals surface area contributed by atoms with Gasteiger partial charge in [-0.3, -0.25) is 19.9 Å². The minimum atomic E-state index is -0.136. The molecule has 0 amide bonds. The molecular formula is C25H25N5O. The molecule has 0 aliphatic heterocycles. The van der Waals surface area contributed by atoms with Crippen LogP contribution in [0.15, 0.2) is 65.9 Å². The molecule has 0 unspecified atom stereocenters. The molecule has 2 aromatic carbocycles. The van der Waals surface area contributed by atoms with E-state index in [9.17, 15) is 4.79 Å². The third-order valence-electron chi connectivity index (χ3n) is 5.41. The lowest BCUT2D eigenvalue weighted by Gasteiger charge is -2.13. The molecule has 0 bridgehead atoms. The zero-order chi connectivity index (χ0) is 22.0. The van der Waals surface area contributed by atoms with Gasteiger partial charge in [0.1, 0.15) is 5.36 Å². The van der Waals surface area contributed by atoms with Crippen molar-refractivity contribution >= 4 is 22.4 Å². The predicted molar refractivity (Wildman–Crippen MR) is 123 cm³/mol. The number of pyridine rings is 1. The summed E-state index contributed by atoms with van der Waals surface area (Å²) < 4.78 is 1.84. The van der Waals surface area contributed by atoms with Crippen molar-refractivity contribution in [3.8, 4) is 0 Å². The van der Waals surface area contributed by atoms with Crippen LogP contribution in [0.3, 0.4) is 0 Å². The number of nitrogens with zero attached hydrogens (tertiary/aromatic N) is 4. The number of ketones is 1. The maximum atomic E-state index is 12.5. The Labute approximate surface area is 181 Å². The molecule has 1 N–H and O–H groups in total. The van der Waals surface area contributed by atoms with E-state index >= 15 is 0 Å². The second kappa shape index (κ2) is 8.52. The third kappa shape index (κ3) is 4.23. The van der Waals surface area contributed by atoms with Gasteiger partial charge >= 0.3 is 0 Å². The van der Waals surface area contributed by atoms with E-state index in [-0.39, 0.29) is 5.78 Å². The van der Waals surface area contributed by atoms with Crippen molar-refractivity contribution in [1.29, 1.82) is 0 Å². The van der Waals surface area contributed by atoms with Gasteiger partial charge in [-0.25, -0.2) is 0 Å². The van der Waals surface area contributed by atoms with Crippen molar-refractivity contribution < 1.29 is 4.79 Å². The number of aromatic nitrogens is 3. The molecule has 0 aliphatic carbocycles. The fourth-order valence-electron chi connectivity index (χ4n) is 3.47. The Bertz CT molecular complexity index is 1340. The van der Waals surface area contributed by atoms with Gasteiger partial charge < -0.3 is 0 Å². The summed E-state index contributed by atoms with van der Waals surface area (Å²) in [5.74, 6) is -0.136. The number of benzene rings is 2. The van der Waals surface area contributed by atoms with Gasteiger partial charge in [-0.1, -0.05) is 36.4 Å². The highest BCUT2D eigenvalue weighted by atomic mass is 16.1. The molecule has 0 radical (unpaired) electrons. The fraction of sp³-hybridized carbons (Fsp3) is 0.200. The maximum Gasteiger partial charge on any atom is 0.182 e. The molecule has 0 atom stereocenters. The molecule has 4 rings (SSSR count). The van der Waals surface area contributed by atoms with E-state index in [0.717, 1.165) is 33.4 Å². The third-order valence-corrected chi connectivity index (χ3v) is 5.41. The van der Waals surface area contributed by atoms with Crippen molar-refractivity contribution in [3.05, 3.63) is 94.2 Å². The second-order valence-corrected chi connectivity index (χ2v) is 7.71. The Morgan fingerprint density at radius 2 is 1.84 bits per heavy atom. The topological polar surface area (TPSA) is 72.2 Å². The summed E-state index contributed by atoms with van der Waals surface area (Å²) in [5.41, 5.74) is 9.54. The molecule has 0 saturated heterocycles. The van der Waals surface area contributed by atoms with Crippen LogP contribution in [0.25, 0.3) is 10.9 Å². The van der Waals surface area contributed by atoms with Gasteiger partial charge in [0.15, 0.2) is 11.5 Å². The van der Waals surface area contributed by atoms with E-state index < -0.39 is 0 Å². The molecular weight excluding hydrogens is 386 g/mol. The molecule has 4 aromatic rings.